The van der Waals surface area contributed by atoms with Gasteiger partial charge < -0.3 is 21.3 Å². The third-order valence-corrected chi connectivity index (χ3v) is 1.11. The molecule has 0 saturated carbocycles. The molecule has 0 aromatic carbocycles. The third kappa shape index (κ3) is 11.9. The molecule has 13 heavy (non-hydrogen) atoms. The summed E-state index contributed by atoms with van der Waals surface area (Å²) in [6.07, 6.45) is 0.729. The van der Waals surface area contributed by atoms with E-state index in [0.717, 1.165) is 6.42 Å². The van der Waals surface area contributed by atoms with E-state index in [1.807, 2.05) is 0 Å². The molecule has 0 aromatic heterocycles. The van der Waals surface area contributed by atoms with E-state index in [-0.39, 0.29) is 31.4 Å². The lowest BCUT2D eigenvalue weighted by Crippen LogP contribution is -2.35. The van der Waals surface area contributed by atoms with E-state index in [1.54, 1.807) is 0 Å². The fraction of sp³-hybridized carbons (Fsp3) is 0.833. The maximum absolute atomic E-state index is 10.1. The van der Waals surface area contributed by atoms with Crippen molar-refractivity contribution in [3.05, 3.63) is 0 Å². The van der Waals surface area contributed by atoms with Crippen LogP contribution < -0.4 is 11.5 Å². The fourth-order valence-corrected chi connectivity index (χ4v) is 0.467. The van der Waals surface area contributed by atoms with Gasteiger partial charge in [0, 0.05) is 6.61 Å². The van der Waals surface area contributed by atoms with Gasteiger partial charge in [-0.1, -0.05) is 0 Å². The standard InChI is InChI=1S/C6H14N2O3.2ClH/c7-2-1-3-11-4-5(8)6(9)10;;/h5H,1-4,7-8H2,(H,9,10);2*1H/t5-;;/m0../s1. The van der Waals surface area contributed by atoms with Crippen molar-refractivity contribution in [1.29, 1.82) is 0 Å². The maximum atomic E-state index is 10.1. The van der Waals surface area contributed by atoms with Crippen LogP contribution in [0.3, 0.4) is 0 Å². The lowest BCUT2D eigenvalue weighted by molar-refractivity contribution is -0.140. The molecule has 0 saturated heterocycles. The molecular formula is C6H16Cl2N2O3. The summed E-state index contributed by atoms with van der Waals surface area (Å²) in [5, 5.41) is 8.31. The molecule has 0 fully saturated rings. The van der Waals surface area contributed by atoms with Crippen LogP contribution in [-0.2, 0) is 9.53 Å². The molecule has 0 spiro atoms. The van der Waals surface area contributed by atoms with Crippen LogP contribution in [-0.4, -0.2) is 36.9 Å². The minimum Gasteiger partial charge on any atom is -0.480 e. The maximum Gasteiger partial charge on any atom is 0.322 e. The topological polar surface area (TPSA) is 98.6 Å². The predicted octanol–water partition coefficient (Wildman–Crippen LogP) is -0.393. The van der Waals surface area contributed by atoms with Gasteiger partial charge in [-0.25, -0.2) is 0 Å². The molecule has 5 nitrogen and oxygen atoms in total. The van der Waals surface area contributed by atoms with Crippen molar-refractivity contribution in [3.8, 4) is 0 Å². The van der Waals surface area contributed by atoms with E-state index in [2.05, 4.69) is 0 Å². The van der Waals surface area contributed by atoms with Gasteiger partial charge in [0.1, 0.15) is 6.04 Å². The first kappa shape index (κ1) is 18.7. The third-order valence-electron chi connectivity index (χ3n) is 1.11. The molecule has 0 rings (SSSR count). The molecule has 82 valence electrons. The second-order valence-electron chi connectivity index (χ2n) is 2.16. The summed E-state index contributed by atoms with van der Waals surface area (Å²) < 4.78 is 4.91. The van der Waals surface area contributed by atoms with Crippen molar-refractivity contribution >= 4 is 30.8 Å². The van der Waals surface area contributed by atoms with E-state index in [9.17, 15) is 4.79 Å². The van der Waals surface area contributed by atoms with Crippen molar-refractivity contribution in [1.82, 2.24) is 0 Å². The van der Waals surface area contributed by atoms with Gasteiger partial charge >= 0.3 is 5.97 Å². The Morgan fingerprint density at radius 2 is 2.00 bits per heavy atom. The Balaban J connectivity index is -0.000000500. The first-order chi connectivity index (χ1) is 5.18. The molecule has 0 heterocycles. The van der Waals surface area contributed by atoms with Crippen LogP contribution in [0.1, 0.15) is 6.42 Å². The van der Waals surface area contributed by atoms with Gasteiger partial charge in [0.2, 0.25) is 0 Å². The zero-order valence-corrected chi connectivity index (χ0v) is 8.77. The highest BCUT2D eigenvalue weighted by molar-refractivity contribution is 5.85. The molecule has 0 unspecified atom stereocenters. The second kappa shape index (κ2) is 11.9. The molecule has 1 atom stereocenters. The Bertz CT molecular complexity index is 126. The zero-order chi connectivity index (χ0) is 8.69. The number of rotatable bonds is 6. The van der Waals surface area contributed by atoms with E-state index in [4.69, 9.17) is 21.3 Å². The van der Waals surface area contributed by atoms with E-state index < -0.39 is 12.0 Å². The normalized spacial score (nSPS) is 10.9. The smallest absolute Gasteiger partial charge is 0.322 e. The zero-order valence-electron chi connectivity index (χ0n) is 7.14. The van der Waals surface area contributed by atoms with Crippen LogP contribution in [0.25, 0.3) is 0 Å². The quantitative estimate of drug-likeness (QED) is 0.544. The fourth-order valence-electron chi connectivity index (χ4n) is 0.467. The van der Waals surface area contributed by atoms with Gasteiger partial charge in [0.05, 0.1) is 6.61 Å². The van der Waals surface area contributed by atoms with Crippen LogP contribution in [0, 0.1) is 0 Å². The largest absolute Gasteiger partial charge is 0.480 e. The Labute approximate surface area is 89.6 Å². The Kier molecular flexibility index (Phi) is 17.1. The number of aliphatic carboxylic acids is 1. The van der Waals surface area contributed by atoms with Gasteiger partial charge in [-0.05, 0) is 13.0 Å². The average molecular weight is 235 g/mol. The SMILES string of the molecule is Cl.Cl.NCCCOC[C@H](N)C(=O)O. The first-order valence-electron chi connectivity index (χ1n) is 3.44. The minimum absolute atomic E-state index is 0. The number of carbonyl (C=O) groups is 1. The van der Waals surface area contributed by atoms with Crippen molar-refractivity contribution in [2.45, 2.75) is 12.5 Å². The van der Waals surface area contributed by atoms with Crippen LogP contribution in [0.2, 0.25) is 0 Å². The summed E-state index contributed by atoms with van der Waals surface area (Å²) >= 11 is 0. The van der Waals surface area contributed by atoms with E-state index >= 15 is 0 Å². The van der Waals surface area contributed by atoms with E-state index in [1.165, 1.54) is 0 Å². The Morgan fingerprint density at radius 3 is 2.38 bits per heavy atom. The van der Waals surface area contributed by atoms with Crippen LogP contribution in [0.15, 0.2) is 0 Å². The molecule has 0 aliphatic rings. The molecule has 0 bridgehead atoms. The second-order valence-corrected chi connectivity index (χ2v) is 2.16. The van der Waals surface area contributed by atoms with Gasteiger partial charge in [0.15, 0.2) is 0 Å². The summed E-state index contributed by atoms with van der Waals surface area (Å²) in [4.78, 5) is 10.1. The number of carboxylic acid groups (broad SMARTS) is 1. The molecular weight excluding hydrogens is 219 g/mol. The molecule has 0 amide bonds. The lowest BCUT2D eigenvalue weighted by atomic mass is 10.3. The predicted molar refractivity (Wildman–Crippen MR) is 54.6 cm³/mol. The molecule has 0 radical (unpaired) electrons. The number of ether oxygens (including phenoxy) is 1. The number of hydrogen-bond acceptors (Lipinski definition) is 4. The summed E-state index contributed by atoms with van der Waals surface area (Å²) in [6.45, 7) is 1.06. The minimum atomic E-state index is -1.04. The summed E-state index contributed by atoms with van der Waals surface area (Å²) in [7, 11) is 0. The van der Waals surface area contributed by atoms with Crippen LogP contribution in [0.4, 0.5) is 0 Å². The van der Waals surface area contributed by atoms with E-state index in [0.29, 0.717) is 13.2 Å². The van der Waals surface area contributed by atoms with Crippen molar-refractivity contribution in [2.75, 3.05) is 19.8 Å². The van der Waals surface area contributed by atoms with Gasteiger partial charge in [-0.2, -0.15) is 0 Å². The summed E-state index contributed by atoms with van der Waals surface area (Å²) in [5.74, 6) is -1.04. The Hall–Kier alpha value is -0.0700. The van der Waals surface area contributed by atoms with Crippen molar-refractivity contribution in [2.24, 2.45) is 11.5 Å². The molecule has 7 heteroatoms. The number of carboxylic acids is 1. The lowest BCUT2D eigenvalue weighted by Gasteiger charge is -2.06. The highest BCUT2D eigenvalue weighted by Gasteiger charge is 2.10. The van der Waals surface area contributed by atoms with Crippen molar-refractivity contribution < 1.29 is 14.6 Å². The monoisotopic (exact) mass is 234 g/mol. The highest BCUT2D eigenvalue weighted by Crippen LogP contribution is 1.84. The van der Waals surface area contributed by atoms with Gasteiger partial charge in [-0.15, -0.1) is 24.8 Å². The Morgan fingerprint density at radius 1 is 1.46 bits per heavy atom. The number of halogens is 2. The van der Waals surface area contributed by atoms with Gasteiger partial charge in [0.25, 0.3) is 0 Å². The molecule has 0 aromatic rings. The highest BCUT2D eigenvalue weighted by atomic mass is 35.5. The molecule has 0 aliphatic heterocycles. The van der Waals surface area contributed by atoms with Crippen LogP contribution >= 0.6 is 24.8 Å². The number of hydrogen-bond donors (Lipinski definition) is 3. The summed E-state index contributed by atoms with van der Waals surface area (Å²) in [6, 6.07) is -0.923. The number of nitrogens with two attached hydrogens (primary N) is 2. The van der Waals surface area contributed by atoms with Gasteiger partial charge in [-0.3, -0.25) is 4.79 Å². The summed E-state index contributed by atoms with van der Waals surface area (Å²) in [5.41, 5.74) is 10.3. The first-order valence-corrected chi connectivity index (χ1v) is 3.44. The van der Waals surface area contributed by atoms with Crippen molar-refractivity contribution in [3.63, 3.8) is 0 Å². The van der Waals surface area contributed by atoms with Crippen LogP contribution in [0.5, 0.6) is 0 Å². The molecule has 5 N–H and O–H groups in total. The average Bonchev–Trinajstić information content (AvgIpc) is 1.97. The molecule has 0 aliphatic carbocycles.